The van der Waals surface area contributed by atoms with Crippen LogP contribution in [-0.4, -0.2) is 11.9 Å². The van der Waals surface area contributed by atoms with Gasteiger partial charge in [0, 0.05) is 4.88 Å². The fraction of sp³-hybridized carbons (Fsp3) is 0.353. The largest absolute Gasteiger partial charge is 0.368 e. The molecular weight excluding hydrogens is 280 g/mol. The van der Waals surface area contributed by atoms with E-state index in [0.717, 1.165) is 5.56 Å². The third kappa shape index (κ3) is 3.93. The Balaban J connectivity index is 2.29. The van der Waals surface area contributed by atoms with E-state index in [2.05, 4.69) is 49.5 Å². The van der Waals surface area contributed by atoms with Crippen molar-refractivity contribution in [2.75, 3.05) is 0 Å². The van der Waals surface area contributed by atoms with Crippen LogP contribution in [0.5, 0.6) is 0 Å². The van der Waals surface area contributed by atoms with E-state index in [4.69, 9.17) is 5.73 Å². The van der Waals surface area contributed by atoms with E-state index >= 15 is 0 Å². The Bertz CT molecular complexity index is 575. The first-order valence-corrected chi connectivity index (χ1v) is 8.05. The fourth-order valence-corrected chi connectivity index (χ4v) is 3.02. The van der Waals surface area contributed by atoms with Crippen LogP contribution in [0.15, 0.2) is 41.8 Å². The van der Waals surface area contributed by atoms with Crippen LogP contribution in [0, 0.1) is 0 Å². The van der Waals surface area contributed by atoms with E-state index < -0.39 is 0 Å². The quantitative estimate of drug-likeness (QED) is 0.859. The molecule has 1 amide bonds. The summed E-state index contributed by atoms with van der Waals surface area (Å²) in [6, 6.07) is 12.3. The molecule has 0 fully saturated rings. The minimum absolute atomic E-state index is 0.00582. The molecule has 3 N–H and O–H groups in total. The number of hydrogen-bond donors (Lipinski definition) is 2. The Morgan fingerprint density at radius 2 is 1.71 bits per heavy atom. The molecule has 1 heterocycles. The van der Waals surface area contributed by atoms with Gasteiger partial charge in [0.1, 0.15) is 0 Å². The molecule has 0 aliphatic rings. The van der Waals surface area contributed by atoms with E-state index in [1.54, 1.807) is 18.3 Å². The number of benzene rings is 1. The number of hydrogen-bond acceptors (Lipinski definition) is 3. The number of rotatable bonds is 6. The van der Waals surface area contributed by atoms with Gasteiger partial charge in [-0.05, 0) is 35.4 Å². The first-order valence-electron chi connectivity index (χ1n) is 7.17. The second-order valence-electron chi connectivity index (χ2n) is 5.56. The summed E-state index contributed by atoms with van der Waals surface area (Å²) < 4.78 is 0. The molecule has 0 bridgehead atoms. The smallest absolute Gasteiger partial charge is 0.234 e. The predicted octanol–water partition coefficient (Wildman–Crippen LogP) is 3.42. The summed E-state index contributed by atoms with van der Waals surface area (Å²) >= 11 is 1.68. The van der Waals surface area contributed by atoms with E-state index in [-0.39, 0.29) is 18.0 Å². The summed E-state index contributed by atoms with van der Waals surface area (Å²) in [5.41, 5.74) is 7.84. The van der Waals surface area contributed by atoms with Crippen LogP contribution in [0.4, 0.5) is 0 Å². The molecule has 21 heavy (non-hydrogen) atoms. The molecule has 3 nitrogen and oxygen atoms in total. The van der Waals surface area contributed by atoms with Crippen LogP contribution >= 0.6 is 11.3 Å². The highest BCUT2D eigenvalue weighted by molar-refractivity contribution is 7.10. The van der Waals surface area contributed by atoms with Crippen molar-refractivity contribution in [3.8, 4) is 0 Å². The van der Waals surface area contributed by atoms with Gasteiger partial charge in [0.05, 0.1) is 12.1 Å². The van der Waals surface area contributed by atoms with Gasteiger partial charge in [-0.3, -0.25) is 10.1 Å². The second kappa shape index (κ2) is 6.87. The molecule has 112 valence electrons. The Morgan fingerprint density at radius 3 is 2.19 bits per heavy atom. The van der Waals surface area contributed by atoms with Crippen molar-refractivity contribution < 1.29 is 4.79 Å². The summed E-state index contributed by atoms with van der Waals surface area (Å²) in [6.45, 7) is 6.16. The van der Waals surface area contributed by atoms with Crippen molar-refractivity contribution in [3.05, 3.63) is 57.8 Å². The van der Waals surface area contributed by atoms with Crippen LogP contribution in [0.1, 0.15) is 48.7 Å². The first-order chi connectivity index (χ1) is 9.99. The van der Waals surface area contributed by atoms with E-state index in [0.29, 0.717) is 5.92 Å². The van der Waals surface area contributed by atoms with Gasteiger partial charge in [0.2, 0.25) is 5.91 Å². The number of primary amides is 1. The molecule has 0 radical (unpaired) electrons. The maximum atomic E-state index is 11.3. The molecule has 2 aromatic rings. The van der Waals surface area contributed by atoms with E-state index in [9.17, 15) is 4.79 Å². The maximum absolute atomic E-state index is 11.3. The van der Waals surface area contributed by atoms with Crippen molar-refractivity contribution in [2.24, 2.45) is 5.73 Å². The third-order valence-electron chi connectivity index (χ3n) is 3.61. The topological polar surface area (TPSA) is 55.1 Å². The standard InChI is InChI=1S/C17H22N2OS/c1-11(2)13-6-8-14(9-7-13)16(15-5-4-10-21-15)19-12(3)17(18)20/h4-12,16,19H,1-3H3,(H2,18,20)/t12-,16-/m1/s1. The first kappa shape index (κ1) is 15.7. The number of nitrogens with two attached hydrogens (primary N) is 1. The Labute approximate surface area is 130 Å². The van der Waals surface area contributed by atoms with Crippen LogP contribution in [0.3, 0.4) is 0 Å². The molecule has 1 aromatic heterocycles. The molecule has 1 aromatic carbocycles. The second-order valence-corrected chi connectivity index (χ2v) is 6.54. The third-order valence-corrected chi connectivity index (χ3v) is 4.54. The number of amides is 1. The van der Waals surface area contributed by atoms with Gasteiger partial charge >= 0.3 is 0 Å². The highest BCUT2D eigenvalue weighted by atomic mass is 32.1. The van der Waals surface area contributed by atoms with Crippen molar-refractivity contribution in [2.45, 2.75) is 38.8 Å². The predicted molar refractivity (Wildman–Crippen MR) is 88.5 cm³/mol. The molecule has 0 spiro atoms. The summed E-state index contributed by atoms with van der Waals surface area (Å²) in [5.74, 6) is 0.173. The molecular formula is C17H22N2OS. The van der Waals surface area contributed by atoms with Crippen molar-refractivity contribution in [3.63, 3.8) is 0 Å². The minimum atomic E-state index is -0.373. The van der Waals surface area contributed by atoms with E-state index in [1.165, 1.54) is 10.4 Å². The van der Waals surface area contributed by atoms with Gasteiger partial charge in [-0.2, -0.15) is 0 Å². The summed E-state index contributed by atoms with van der Waals surface area (Å²) in [6.07, 6.45) is 0. The summed E-state index contributed by atoms with van der Waals surface area (Å²) in [4.78, 5) is 12.5. The zero-order chi connectivity index (χ0) is 15.4. The molecule has 0 unspecified atom stereocenters. The van der Waals surface area contributed by atoms with Gasteiger partial charge in [-0.25, -0.2) is 0 Å². The zero-order valence-corrected chi connectivity index (χ0v) is 13.5. The highest BCUT2D eigenvalue weighted by Gasteiger charge is 2.20. The fourth-order valence-electron chi connectivity index (χ4n) is 2.20. The zero-order valence-electron chi connectivity index (χ0n) is 12.7. The Hall–Kier alpha value is -1.65. The molecule has 0 aliphatic carbocycles. The Kier molecular flexibility index (Phi) is 5.15. The molecule has 2 rings (SSSR count). The van der Waals surface area contributed by atoms with Gasteiger partial charge in [-0.15, -0.1) is 11.3 Å². The van der Waals surface area contributed by atoms with Crippen LogP contribution in [0.2, 0.25) is 0 Å². The maximum Gasteiger partial charge on any atom is 0.234 e. The van der Waals surface area contributed by atoms with Crippen molar-refractivity contribution in [1.82, 2.24) is 5.32 Å². The summed E-state index contributed by atoms with van der Waals surface area (Å²) in [7, 11) is 0. The van der Waals surface area contributed by atoms with Crippen molar-refractivity contribution in [1.29, 1.82) is 0 Å². The molecule has 0 saturated heterocycles. The number of carbonyl (C=O) groups excluding carboxylic acids is 1. The van der Waals surface area contributed by atoms with Gasteiger partial charge in [0.25, 0.3) is 0 Å². The number of nitrogens with one attached hydrogen (secondary N) is 1. The van der Waals surface area contributed by atoms with Gasteiger partial charge in [-0.1, -0.05) is 44.2 Å². The van der Waals surface area contributed by atoms with Gasteiger partial charge < -0.3 is 5.73 Å². The molecule has 4 heteroatoms. The SMILES string of the molecule is CC(C)c1ccc([C@@H](N[C@H](C)C(N)=O)c2cccs2)cc1. The van der Waals surface area contributed by atoms with Crippen LogP contribution < -0.4 is 11.1 Å². The number of carbonyl (C=O) groups is 1. The Morgan fingerprint density at radius 1 is 1.10 bits per heavy atom. The lowest BCUT2D eigenvalue weighted by molar-refractivity contribution is -0.119. The average molecular weight is 302 g/mol. The molecule has 0 saturated carbocycles. The average Bonchev–Trinajstić information content (AvgIpc) is 2.98. The molecule has 0 aliphatic heterocycles. The lowest BCUT2D eigenvalue weighted by Gasteiger charge is -2.22. The number of thiophene rings is 1. The van der Waals surface area contributed by atoms with Crippen molar-refractivity contribution >= 4 is 17.2 Å². The summed E-state index contributed by atoms with van der Waals surface area (Å²) in [5, 5.41) is 5.36. The lowest BCUT2D eigenvalue weighted by Crippen LogP contribution is -2.40. The van der Waals surface area contributed by atoms with Gasteiger partial charge in [0.15, 0.2) is 0 Å². The lowest BCUT2D eigenvalue weighted by atomic mass is 9.98. The van der Waals surface area contributed by atoms with Crippen LogP contribution in [-0.2, 0) is 4.79 Å². The highest BCUT2D eigenvalue weighted by Crippen LogP contribution is 2.27. The van der Waals surface area contributed by atoms with Crippen LogP contribution in [0.25, 0.3) is 0 Å². The minimum Gasteiger partial charge on any atom is -0.368 e. The normalized spacial score (nSPS) is 14.1. The van der Waals surface area contributed by atoms with E-state index in [1.807, 2.05) is 11.4 Å². The monoisotopic (exact) mass is 302 g/mol. The molecule has 2 atom stereocenters.